The smallest absolute Gasteiger partial charge is 0.269 e. The van der Waals surface area contributed by atoms with Crippen LogP contribution in [0.4, 0.5) is 5.69 Å². The van der Waals surface area contributed by atoms with Crippen LogP contribution in [-0.4, -0.2) is 40.2 Å². The number of carbonyl (C=O) groups is 2. The Bertz CT molecular complexity index is 1260. The molecule has 4 rings (SSSR count). The molecule has 2 amide bonds. The van der Waals surface area contributed by atoms with Gasteiger partial charge in [-0.05, 0) is 69.4 Å². The lowest BCUT2D eigenvalue weighted by molar-refractivity contribution is -0.119. The van der Waals surface area contributed by atoms with Gasteiger partial charge >= 0.3 is 0 Å². The third kappa shape index (κ3) is 4.97. The Morgan fingerprint density at radius 3 is 2.53 bits per heavy atom. The summed E-state index contributed by atoms with van der Waals surface area (Å²) in [6.45, 7) is 5.93. The number of hydrogen-bond donors (Lipinski definition) is 2. The van der Waals surface area contributed by atoms with Gasteiger partial charge < -0.3 is 4.90 Å². The molecule has 34 heavy (non-hydrogen) atoms. The van der Waals surface area contributed by atoms with Gasteiger partial charge in [-0.25, -0.2) is 4.98 Å². The molecule has 0 saturated carbocycles. The predicted octanol–water partition coefficient (Wildman–Crippen LogP) is 3.27. The maximum absolute atomic E-state index is 13.0. The number of rotatable bonds is 7. The number of thiophene rings is 1. The average Bonchev–Trinajstić information content (AvgIpc) is 3.23. The number of hydrazine groups is 1. The predicted molar refractivity (Wildman–Crippen MR) is 138 cm³/mol. The van der Waals surface area contributed by atoms with Crippen molar-refractivity contribution in [3.05, 3.63) is 50.6 Å². The summed E-state index contributed by atoms with van der Waals surface area (Å²) in [5.41, 5.74) is 7.48. The van der Waals surface area contributed by atoms with E-state index in [2.05, 4.69) is 34.6 Å². The van der Waals surface area contributed by atoms with E-state index >= 15 is 0 Å². The van der Waals surface area contributed by atoms with Crippen LogP contribution in [0.5, 0.6) is 0 Å². The maximum atomic E-state index is 13.0. The number of aryl methyl sites for hydroxylation is 2. The minimum atomic E-state index is -0.388. The molecule has 0 aliphatic heterocycles. The molecule has 8 nitrogen and oxygen atoms in total. The van der Waals surface area contributed by atoms with E-state index in [4.69, 9.17) is 0 Å². The molecule has 0 fully saturated rings. The third-order valence-electron chi connectivity index (χ3n) is 6.06. The van der Waals surface area contributed by atoms with Crippen LogP contribution in [0.1, 0.15) is 47.5 Å². The van der Waals surface area contributed by atoms with E-state index in [1.54, 1.807) is 30.5 Å². The molecule has 10 heteroatoms. The number of amides is 2. The highest BCUT2D eigenvalue weighted by molar-refractivity contribution is 7.99. The largest absolute Gasteiger partial charge is 0.372 e. The van der Waals surface area contributed by atoms with Gasteiger partial charge in [0.1, 0.15) is 4.83 Å². The highest BCUT2D eigenvalue weighted by atomic mass is 32.2. The highest BCUT2D eigenvalue weighted by Crippen LogP contribution is 2.34. The molecule has 0 radical (unpaired) electrons. The van der Waals surface area contributed by atoms with Crippen molar-refractivity contribution in [1.82, 2.24) is 20.4 Å². The Morgan fingerprint density at radius 2 is 1.82 bits per heavy atom. The van der Waals surface area contributed by atoms with Gasteiger partial charge in [-0.3, -0.25) is 29.8 Å². The molecule has 1 aliphatic carbocycles. The fourth-order valence-electron chi connectivity index (χ4n) is 4.17. The summed E-state index contributed by atoms with van der Waals surface area (Å²) in [6, 6.07) is 7.26. The third-order valence-corrected chi connectivity index (χ3v) is 8.28. The topological polar surface area (TPSA) is 96.3 Å². The number of aromatic nitrogens is 2. The number of benzene rings is 1. The lowest BCUT2D eigenvalue weighted by Crippen LogP contribution is -2.42. The Kier molecular flexibility index (Phi) is 7.57. The molecule has 180 valence electrons. The molecule has 1 aromatic carbocycles. The Morgan fingerprint density at radius 1 is 1.12 bits per heavy atom. The molecule has 0 spiro atoms. The Labute approximate surface area is 206 Å². The number of nitrogens with zero attached hydrogens (tertiary/aromatic N) is 3. The minimum absolute atomic E-state index is 0.0258. The number of hydrogen-bond acceptors (Lipinski definition) is 7. The van der Waals surface area contributed by atoms with Gasteiger partial charge in [0.25, 0.3) is 11.5 Å². The lowest BCUT2D eigenvalue weighted by Gasteiger charge is -2.21. The number of carbonyl (C=O) groups excluding carboxylic acids is 2. The van der Waals surface area contributed by atoms with Gasteiger partial charge in [0.05, 0.1) is 11.1 Å². The fraction of sp³-hybridized carbons (Fsp3) is 0.417. The van der Waals surface area contributed by atoms with Crippen molar-refractivity contribution in [2.75, 3.05) is 23.7 Å². The van der Waals surface area contributed by atoms with Crippen LogP contribution in [0.25, 0.3) is 10.2 Å². The second-order valence-electron chi connectivity index (χ2n) is 8.16. The van der Waals surface area contributed by atoms with Gasteiger partial charge in [0.2, 0.25) is 5.91 Å². The molecule has 0 saturated heterocycles. The van der Waals surface area contributed by atoms with Gasteiger partial charge in [-0.1, -0.05) is 11.8 Å². The summed E-state index contributed by atoms with van der Waals surface area (Å²) in [6.07, 6.45) is 4.18. The number of nitrogens with one attached hydrogen (secondary N) is 2. The van der Waals surface area contributed by atoms with E-state index < -0.39 is 0 Å². The molecule has 2 aromatic heterocycles. The monoisotopic (exact) mass is 499 g/mol. The summed E-state index contributed by atoms with van der Waals surface area (Å²) >= 11 is 2.77. The van der Waals surface area contributed by atoms with Crippen LogP contribution in [0.3, 0.4) is 0 Å². The first-order valence-electron chi connectivity index (χ1n) is 11.5. The van der Waals surface area contributed by atoms with Crippen LogP contribution >= 0.6 is 23.1 Å². The van der Waals surface area contributed by atoms with Crippen LogP contribution in [-0.2, 0) is 24.7 Å². The first-order valence-corrected chi connectivity index (χ1v) is 13.3. The normalized spacial score (nSPS) is 12.9. The van der Waals surface area contributed by atoms with E-state index in [0.717, 1.165) is 60.2 Å². The first kappa shape index (κ1) is 24.3. The molecule has 1 aliphatic rings. The molecular weight excluding hydrogens is 470 g/mol. The first-order chi connectivity index (χ1) is 16.4. The summed E-state index contributed by atoms with van der Waals surface area (Å²) in [5.74, 6) is -0.739. The van der Waals surface area contributed by atoms with Crippen molar-refractivity contribution in [3.63, 3.8) is 0 Å². The zero-order chi connectivity index (χ0) is 24.2. The number of anilines is 1. The van der Waals surface area contributed by atoms with Crippen LogP contribution < -0.4 is 21.3 Å². The standard InChI is InChI=1S/C24H29N5O3S2/c1-4-29(5-2)16-12-10-15(11-13-16)21(31)27-26-19(30)14-33-24-25-22-20(23(32)28(24)3)17-8-6-7-9-18(17)34-22/h10-13H,4-9,14H2,1-3H3,(H,26,30)(H,27,31). The molecule has 0 bridgehead atoms. The zero-order valence-electron chi connectivity index (χ0n) is 19.6. The molecule has 0 unspecified atom stereocenters. The average molecular weight is 500 g/mol. The van der Waals surface area contributed by atoms with Crippen molar-refractivity contribution in [1.29, 1.82) is 0 Å². The lowest BCUT2D eigenvalue weighted by atomic mass is 9.97. The second-order valence-corrected chi connectivity index (χ2v) is 10.2. The van der Waals surface area contributed by atoms with E-state index in [1.807, 2.05) is 12.1 Å². The van der Waals surface area contributed by atoms with Gasteiger partial charge in [0, 0.05) is 36.3 Å². The summed E-state index contributed by atoms with van der Waals surface area (Å²) in [5, 5.41) is 1.22. The molecular formula is C24H29N5O3S2. The molecule has 0 atom stereocenters. The van der Waals surface area contributed by atoms with Crippen molar-refractivity contribution in [3.8, 4) is 0 Å². The zero-order valence-corrected chi connectivity index (χ0v) is 21.3. The summed E-state index contributed by atoms with van der Waals surface area (Å²) < 4.78 is 1.51. The summed E-state index contributed by atoms with van der Waals surface area (Å²) in [4.78, 5) is 46.5. The van der Waals surface area contributed by atoms with Crippen molar-refractivity contribution >= 4 is 50.8 Å². The SMILES string of the molecule is CCN(CC)c1ccc(C(=O)NNC(=O)CSc2nc3sc4c(c3c(=O)n2C)CCCC4)cc1. The van der Waals surface area contributed by atoms with E-state index in [9.17, 15) is 14.4 Å². The van der Waals surface area contributed by atoms with Gasteiger partial charge in [-0.2, -0.15) is 0 Å². The van der Waals surface area contributed by atoms with Crippen LogP contribution in [0, 0.1) is 0 Å². The minimum Gasteiger partial charge on any atom is -0.372 e. The van der Waals surface area contributed by atoms with E-state index in [1.165, 1.54) is 21.2 Å². The van der Waals surface area contributed by atoms with Crippen LogP contribution in [0.2, 0.25) is 0 Å². The van der Waals surface area contributed by atoms with Crippen LogP contribution in [0.15, 0.2) is 34.2 Å². The van der Waals surface area contributed by atoms with Crippen molar-refractivity contribution < 1.29 is 9.59 Å². The van der Waals surface area contributed by atoms with E-state index in [-0.39, 0.29) is 23.1 Å². The highest BCUT2D eigenvalue weighted by Gasteiger charge is 2.21. The second kappa shape index (κ2) is 10.6. The summed E-state index contributed by atoms with van der Waals surface area (Å²) in [7, 11) is 1.69. The Balaban J connectivity index is 1.35. The Hall–Kier alpha value is -2.85. The van der Waals surface area contributed by atoms with Gasteiger partial charge in [0.15, 0.2) is 5.16 Å². The van der Waals surface area contributed by atoms with Crippen molar-refractivity contribution in [2.24, 2.45) is 7.05 Å². The van der Waals surface area contributed by atoms with E-state index in [0.29, 0.717) is 10.7 Å². The maximum Gasteiger partial charge on any atom is 0.269 e. The molecule has 3 aromatic rings. The molecule has 2 heterocycles. The van der Waals surface area contributed by atoms with Gasteiger partial charge in [-0.15, -0.1) is 11.3 Å². The number of thioether (sulfide) groups is 1. The molecule has 2 N–H and O–H groups in total. The number of fused-ring (bicyclic) bond motifs is 3. The quantitative estimate of drug-likeness (QED) is 0.294. The fourth-order valence-corrected chi connectivity index (χ4v) is 6.25. The van der Waals surface area contributed by atoms with Crippen molar-refractivity contribution in [2.45, 2.75) is 44.7 Å².